The molecule has 4 nitrogen and oxygen atoms in total. The molecule has 56 heavy (non-hydrogen) atoms. The summed E-state index contributed by atoms with van der Waals surface area (Å²) in [6, 6.07) is 70.5. The molecule has 11 rings (SSSR count). The molecule has 0 aliphatic heterocycles. The summed E-state index contributed by atoms with van der Waals surface area (Å²) in [7, 11) is 0. The first kappa shape index (κ1) is 32.0. The highest BCUT2D eigenvalue weighted by Crippen LogP contribution is 2.57. The summed E-state index contributed by atoms with van der Waals surface area (Å²) in [6.45, 7) is 0. The highest BCUT2D eigenvalue weighted by Gasteiger charge is 2.46. The fraction of sp³-hybridized carbons (Fsp3) is 0.0192. The lowest BCUT2D eigenvalue weighted by atomic mass is 9.67. The van der Waals surface area contributed by atoms with E-state index in [0.717, 1.165) is 49.8 Å². The van der Waals surface area contributed by atoms with Crippen LogP contribution in [0.5, 0.6) is 0 Å². The number of para-hydroxylation sites is 1. The van der Waals surface area contributed by atoms with Crippen LogP contribution in [0.3, 0.4) is 0 Å². The molecule has 262 valence electrons. The summed E-state index contributed by atoms with van der Waals surface area (Å²) in [4.78, 5) is 15.8. The first-order valence-electron chi connectivity index (χ1n) is 18.9. The minimum atomic E-state index is -0.580. The lowest BCUT2D eigenvalue weighted by Crippen LogP contribution is -2.28. The quantitative estimate of drug-likeness (QED) is 0.172. The lowest BCUT2D eigenvalue weighted by molar-refractivity contribution is 0.669. The highest BCUT2D eigenvalue weighted by molar-refractivity contribution is 6.05. The third-order valence-electron chi connectivity index (χ3n) is 11.2. The van der Waals surface area contributed by atoms with E-state index in [2.05, 4.69) is 164 Å². The Balaban J connectivity index is 1.22. The molecule has 10 aromatic rings. The second kappa shape index (κ2) is 12.9. The first-order chi connectivity index (χ1) is 27.8. The molecule has 1 aliphatic rings. The van der Waals surface area contributed by atoms with Crippen LogP contribution >= 0.6 is 0 Å². The summed E-state index contributed by atoms with van der Waals surface area (Å²) in [5.41, 5.74) is 13.2. The van der Waals surface area contributed by atoms with Crippen molar-refractivity contribution in [2.24, 2.45) is 0 Å². The molecule has 0 bridgehead atoms. The minimum absolute atomic E-state index is 0.580. The van der Waals surface area contributed by atoms with Gasteiger partial charge in [-0.15, -0.1) is 0 Å². The predicted octanol–water partition coefficient (Wildman–Crippen LogP) is 12.8. The van der Waals surface area contributed by atoms with E-state index in [-0.39, 0.29) is 0 Å². The summed E-state index contributed by atoms with van der Waals surface area (Å²) in [6.07, 6.45) is 0. The van der Waals surface area contributed by atoms with Gasteiger partial charge in [-0.2, -0.15) is 0 Å². The Bertz CT molecular complexity index is 3030. The van der Waals surface area contributed by atoms with Crippen LogP contribution in [0, 0.1) is 0 Å². The van der Waals surface area contributed by atoms with E-state index in [1.54, 1.807) is 0 Å². The zero-order chi connectivity index (χ0) is 37.1. The maximum absolute atomic E-state index is 6.34. The van der Waals surface area contributed by atoms with E-state index in [0.29, 0.717) is 17.5 Å². The second-order valence-electron chi connectivity index (χ2n) is 14.3. The molecule has 4 heteroatoms. The number of furan rings is 1. The van der Waals surface area contributed by atoms with Crippen molar-refractivity contribution >= 4 is 21.9 Å². The van der Waals surface area contributed by atoms with Gasteiger partial charge in [-0.25, -0.2) is 15.0 Å². The monoisotopic (exact) mass is 715 g/mol. The fourth-order valence-corrected chi connectivity index (χ4v) is 8.74. The second-order valence-corrected chi connectivity index (χ2v) is 14.3. The Morgan fingerprint density at radius 1 is 0.321 bits per heavy atom. The Morgan fingerprint density at radius 2 is 0.875 bits per heavy atom. The van der Waals surface area contributed by atoms with Crippen LogP contribution in [-0.2, 0) is 5.41 Å². The topological polar surface area (TPSA) is 51.8 Å². The molecule has 0 spiro atoms. The number of benzene rings is 8. The maximum Gasteiger partial charge on any atom is 0.164 e. The van der Waals surface area contributed by atoms with Crippen LogP contribution in [-0.4, -0.2) is 15.0 Å². The Hall–Kier alpha value is -7.43. The van der Waals surface area contributed by atoms with Crippen molar-refractivity contribution in [2.75, 3.05) is 0 Å². The van der Waals surface area contributed by atoms with Crippen molar-refractivity contribution in [1.82, 2.24) is 15.0 Å². The number of rotatable bonds is 6. The van der Waals surface area contributed by atoms with E-state index in [1.807, 2.05) is 36.4 Å². The molecular formula is C52H33N3O. The van der Waals surface area contributed by atoms with Crippen LogP contribution < -0.4 is 0 Å². The van der Waals surface area contributed by atoms with Crippen molar-refractivity contribution < 1.29 is 4.42 Å². The zero-order valence-corrected chi connectivity index (χ0v) is 30.3. The third kappa shape index (κ3) is 4.96. The molecule has 0 saturated carbocycles. The molecule has 2 heterocycles. The summed E-state index contributed by atoms with van der Waals surface area (Å²) in [5, 5.41) is 2.15. The molecular weight excluding hydrogens is 683 g/mol. The SMILES string of the molecule is c1ccc(-c2nc(-c3ccc4c(c3)oc3ccccc34)nc(-c3cc4c(cc3-c3ccccc3)-c3ccccc3C4(c3ccccc3)c3ccccc3)n2)cc1. The Labute approximate surface area is 324 Å². The number of nitrogens with zero attached hydrogens (tertiary/aromatic N) is 3. The van der Waals surface area contributed by atoms with E-state index >= 15 is 0 Å². The van der Waals surface area contributed by atoms with E-state index in [1.165, 1.54) is 33.4 Å². The van der Waals surface area contributed by atoms with Gasteiger partial charge in [0.05, 0.1) is 5.41 Å². The molecule has 0 unspecified atom stereocenters. The normalized spacial score (nSPS) is 12.8. The molecule has 8 aromatic carbocycles. The molecule has 0 N–H and O–H groups in total. The van der Waals surface area contributed by atoms with Crippen LogP contribution in [0.2, 0.25) is 0 Å². The van der Waals surface area contributed by atoms with Gasteiger partial charge in [-0.3, -0.25) is 0 Å². The van der Waals surface area contributed by atoms with Gasteiger partial charge in [0.15, 0.2) is 17.5 Å². The zero-order valence-electron chi connectivity index (χ0n) is 30.3. The van der Waals surface area contributed by atoms with Crippen LogP contribution in [0.4, 0.5) is 0 Å². The third-order valence-corrected chi connectivity index (χ3v) is 11.2. The average Bonchev–Trinajstić information content (AvgIpc) is 3.80. The number of fused-ring (bicyclic) bond motifs is 6. The van der Waals surface area contributed by atoms with E-state index in [4.69, 9.17) is 19.4 Å². The predicted molar refractivity (Wildman–Crippen MR) is 226 cm³/mol. The van der Waals surface area contributed by atoms with Crippen molar-refractivity contribution in [3.63, 3.8) is 0 Å². The van der Waals surface area contributed by atoms with Crippen molar-refractivity contribution in [3.8, 4) is 56.4 Å². The van der Waals surface area contributed by atoms with Crippen molar-refractivity contribution in [2.45, 2.75) is 5.41 Å². The lowest BCUT2D eigenvalue weighted by Gasteiger charge is -2.34. The molecule has 0 amide bonds. The standard InChI is InChI=1S/C52H33N3O/c1-5-17-34(18-6-1)42-32-43-39-25-13-15-27-45(39)52(37-21-9-3-10-22-37,38-23-11-4-12-24-38)46(43)33-44(42)51-54-49(35-19-7-2-8-20-35)53-50(55-51)36-29-30-41-40-26-14-16-28-47(40)56-48(41)31-36/h1-33H. The van der Waals surface area contributed by atoms with Gasteiger partial charge < -0.3 is 4.42 Å². The maximum atomic E-state index is 6.34. The summed E-state index contributed by atoms with van der Waals surface area (Å²) >= 11 is 0. The smallest absolute Gasteiger partial charge is 0.164 e. The van der Waals surface area contributed by atoms with Gasteiger partial charge in [0.1, 0.15) is 11.2 Å². The molecule has 0 fully saturated rings. The van der Waals surface area contributed by atoms with Gasteiger partial charge in [-0.1, -0.05) is 170 Å². The molecule has 1 aliphatic carbocycles. The van der Waals surface area contributed by atoms with Crippen LogP contribution in [0.25, 0.3) is 78.4 Å². The number of aromatic nitrogens is 3. The van der Waals surface area contributed by atoms with Crippen molar-refractivity contribution in [1.29, 1.82) is 0 Å². The Morgan fingerprint density at radius 3 is 1.59 bits per heavy atom. The summed E-state index contributed by atoms with van der Waals surface area (Å²) in [5.74, 6) is 1.79. The minimum Gasteiger partial charge on any atom is -0.456 e. The summed E-state index contributed by atoms with van der Waals surface area (Å²) < 4.78 is 6.34. The Kier molecular flexibility index (Phi) is 7.36. The van der Waals surface area contributed by atoms with Crippen LogP contribution in [0.15, 0.2) is 205 Å². The van der Waals surface area contributed by atoms with Gasteiger partial charge >= 0.3 is 0 Å². The molecule has 0 atom stereocenters. The van der Waals surface area contributed by atoms with E-state index < -0.39 is 5.41 Å². The van der Waals surface area contributed by atoms with Crippen LogP contribution in [0.1, 0.15) is 22.3 Å². The highest BCUT2D eigenvalue weighted by atomic mass is 16.3. The average molecular weight is 716 g/mol. The number of hydrogen-bond donors (Lipinski definition) is 0. The molecule has 0 saturated heterocycles. The first-order valence-corrected chi connectivity index (χ1v) is 18.9. The van der Waals surface area contributed by atoms with Gasteiger partial charge in [0.2, 0.25) is 0 Å². The molecule has 0 radical (unpaired) electrons. The van der Waals surface area contributed by atoms with Crippen molar-refractivity contribution in [3.05, 3.63) is 222 Å². The number of hydrogen-bond acceptors (Lipinski definition) is 4. The van der Waals surface area contributed by atoms with Gasteiger partial charge in [0.25, 0.3) is 0 Å². The van der Waals surface area contributed by atoms with Gasteiger partial charge in [-0.05, 0) is 74.8 Å². The largest absolute Gasteiger partial charge is 0.456 e. The van der Waals surface area contributed by atoms with E-state index in [9.17, 15) is 0 Å². The fourth-order valence-electron chi connectivity index (χ4n) is 8.74. The van der Waals surface area contributed by atoms with Gasteiger partial charge in [0, 0.05) is 27.5 Å². The molecule has 2 aromatic heterocycles.